The van der Waals surface area contributed by atoms with Gasteiger partial charge in [0.05, 0.1) is 12.0 Å². The number of ether oxygens (including phenoxy) is 1. The third-order valence-corrected chi connectivity index (χ3v) is 4.70. The van der Waals surface area contributed by atoms with E-state index in [1.807, 2.05) is 12.1 Å². The van der Waals surface area contributed by atoms with E-state index in [9.17, 15) is 10.1 Å². The maximum absolute atomic E-state index is 11.0. The maximum atomic E-state index is 11.0. The number of benzene rings is 1. The van der Waals surface area contributed by atoms with Gasteiger partial charge in [-0.3, -0.25) is 10.1 Å². The summed E-state index contributed by atoms with van der Waals surface area (Å²) in [6, 6.07) is 5.84. The van der Waals surface area contributed by atoms with Crippen molar-refractivity contribution >= 4 is 11.4 Å². The summed E-state index contributed by atoms with van der Waals surface area (Å²) in [7, 11) is 1.49. The number of hydrogen-bond acceptors (Lipinski definition) is 4. The van der Waals surface area contributed by atoms with Crippen LogP contribution in [0.25, 0.3) is 0 Å². The van der Waals surface area contributed by atoms with Crippen LogP contribution in [0.15, 0.2) is 18.2 Å². The van der Waals surface area contributed by atoms with Crippen LogP contribution in [-0.2, 0) is 0 Å². The first-order chi connectivity index (χ1) is 9.70. The van der Waals surface area contributed by atoms with Crippen molar-refractivity contribution in [1.29, 1.82) is 0 Å². The molecule has 0 N–H and O–H groups in total. The number of hydrogen-bond donors (Lipinski definition) is 0. The third kappa shape index (κ3) is 2.21. The van der Waals surface area contributed by atoms with Crippen molar-refractivity contribution in [2.24, 2.45) is 5.92 Å². The SMILES string of the molecule is COc1cc(N2CCC3CCCCC32)ccc1[N+](=O)[O-]. The second-order valence-corrected chi connectivity index (χ2v) is 5.71. The van der Waals surface area contributed by atoms with Gasteiger partial charge in [-0.25, -0.2) is 0 Å². The molecule has 1 saturated carbocycles. The van der Waals surface area contributed by atoms with Gasteiger partial charge in [0, 0.05) is 30.4 Å². The molecule has 0 aromatic heterocycles. The molecule has 5 nitrogen and oxygen atoms in total. The molecular weight excluding hydrogens is 256 g/mol. The van der Waals surface area contributed by atoms with Crippen molar-refractivity contribution < 1.29 is 9.66 Å². The lowest BCUT2D eigenvalue weighted by molar-refractivity contribution is -0.385. The van der Waals surface area contributed by atoms with E-state index in [0.717, 1.165) is 18.2 Å². The largest absolute Gasteiger partial charge is 0.490 e. The normalized spacial score (nSPS) is 25.4. The molecule has 1 saturated heterocycles. The molecule has 1 aromatic rings. The van der Waals surface area contributed by atoms with Crippen LogP contribution < -0.4 is 9.64 Å². The molecule has 5 heteroatoms. The van der Waals surface area contributed by atoms with E-state index >= 15 is 0 Å². The third-order valence-electron chi connectivity index (χ3n) is 4.70. The van der Waals surface area contributed by atoms with Crippen molar-refractivity contribution in [3.8, 4) is 5.75 Å². The zero-order chi connectivity index (χ0) is 14.1. The van der Waals surface area contributed by atoms with E-state index in [2.05, 4.69) is 4.90 Å². The van der Waals surface area contributed by atoms with Gasteiger partial charge in [0.1, 0.15) is 0 Å². The Hall–Kier alpha value is -1.78. The minimum absolute atomic E-state index is 0.0376. The van der Waals surface area contributed by atoms with Crippen molar-refractivity contribution in [1.82, 2.24) is 0 Å². The average Bonchev–Trinajstić information content (AvgIpc) is 2.90. The monoisotopic (exact) mass is 276 g/mol. The molecule has 0 bridgehead atoms. The number of fused-ring (bicyclic) bond motifs is 1. The van der Waals surface area contributed by atoms with Crippen molar-refractivity contribution in [2.75, 3.05) is 18.6 Å². The number of nitrogens with zero attached hydrogens (tertiary/aromatic N) is 2. The molecule has 1 aromatic carbocycles. The Morgan fingerprint density at radius 3 is 2.85 bits per heavy atom. The van der Waals surface area contributed by atoms with Gasteiger partial charge >= 0.3 is 5.69 Å². The fraction of sp³-hybridized carbons (Fsp3) is 0.600. The summed E-state index contributed by atoms with van der Waals surface area (Å²) >= 11 is 0. The highest BCUT2D eigenvalue weighted by atomic mass is 16.6. The Morgan fingerprint density at radius 2 is 2.10 bits per heavy atom. The van der Waals surface area contributed by atoms with Crippen LogP contribution in [0.1, 0.15) is 32.1 Å². The van der Waals surface area contributed by atoms with Crippen LogP contribution in [0.3, 0.4) is 0 Å². The number of rotatable bonds is 3. The van der Waals surface area contributed by atoms with E-state index in [0.29, 0.717) is 11.8 Å². The minimum atomic E-state index is -0.393. The molecule has 0 radical (unpaired) electrons. The van der Waals surface area contributed by atoms with Crippen LogP contribution in [0.5, 0.6) is 5.75 Å². The maximum Gasteiger partial charge on any atom is 0.311 e. The highest BCUT2D eigenvalue weighted by molar-refractivity contribution is 5.60. The molecular formula is C15H20N2O3. The molecule has 2 atom stereocenters. The highest BCUT2D eigenvalue weighted by Crippen LogP contribution is 2.40. The Labute approximate surface area is 118 Å². The second-order valence-electron chi connectivity index (χ2n) is 5.71. The summed E-state index contributed by atoms with van der Waals surface area (Å²) < 4.78 is 5.17. The lowest BCUT2D eigenvalue weighted by Gasteiger charge is -2.33. The smallest absolute Gasteiger partial charge is 0.311 e. The number of methoxy groups -OCH3 is 1. The van der Waals surface area contributed by atoms with Crippen LogP contribution in [-0.4, -0.2) is 24.6 Å². The summed E-state index contributed by atoms with van der Waals surface area (Å²) in [5.41, 5.74) is 1.09. The zero-order valence-corrected chi connectivity index (χ0v) is 11.7. The van der Waals surface area contributed by atoms with Crippen LogP contribution in [0, 0.1) is 16.0 Å². The number of anilines is 1. The summed E-state index contributed by atoms with van der Waals surface area (Å²) in [5.74, 6) is 1.15. The van der Waals surface area contributed by atoms with Crippen LogP contribution >= 0.6 is 0 Å². The predicted octanol–water partition coefficient (Wildman–Crippen LogP) is 3.37. The fourth-order valence-corrected chi connectivity index (χ4v) is 3.72. The molecule has 2 aliphatic rings. The van der Waals surface area contributed by atoms with Gasteiger partial charge in [0.2, 0.25) is 0 Å². The van der Waals surface area contributed by atoms with Crippen molar-refractivity contribution in [3.63, 3.8) is 0 Å². The van der Waals surface area contributed by atoms with Gasteiger partial charge in [-0.2, -0.15) is 0 Å². The van der Waals surface area contributed by atoms with Gasteiger partial charge in [0.25, 0.3) is 0 Å². The molecule has 0 amide bonds. The van der Waals surface area contributed by atoms with E-state index in [-0.39, 0.29) is 5.69 Å². The Morgan fingerprint density at radius 1 is 1.30 bits per heavy atom. The predicted molar refractivity (Wildman–Crippen MR) is 77.4 cm³/mol. The standard InChI is InChI=1S/C15H20N2O3/c1-20-15-10-12(6-7-14(15)17(18)19)16-9-8-11-4-2-3-5-13(11)16/h6-7,10-11,13H,2-5,8-9H2,1H3. The highest BCUT2D eigenvalue weighted by Gasteiger charge is 2.36. The molecule has 1 heterocycles. The topological polar surface area (TPSA) is 55.6 Å². The quantitative estimate of drug-likeness (QED) is 0.627. The molecule has 108 valence electrons. The first kappa shape index (κ1) is 13.2. The van der Waals surface area contributed by atoms with E-state index in [4.69, 9.17) is 4.74 Å². The first-order valence-electron chi connectivity index (χ1n) is 7.30. The molecule has 1 aliphatic heterocycles. The van der Waals surface area contributed by atoms with Gasteiger partial charge in [-0.05, 0) is 31.2 Å². The fourth-order valence-electron chi connectivity index (χ4n) is 3.72. The van der Waals surface area contributed by atoms with Gasteiger partial charge in [0.15, 0.2) is 5.75 Å². The van der Waals surface area contributed by atoms with Gasteiger partial charge in [-0.15, -0.1) is 0 Å². The average molecular weight is 276 g/mol. The van der Waals surface area contributed by atoms with E-state index < -0.39 is 4.92 Å². The van der Waals surface area contributed by atoms with Crippen molar-refractivity contribution in [3.05, 3.63) is 28.3 Å². The molecule has 1 aliphatic carbocycles. The molecule has 3 rings (SSSR count). The Balaban J connectivity index is 1.89. The van der Waals surface area contributed by atoms with E-state index in [1.54, 1.807) is 6.07 Å². The summed E-state index contributed by atoms with van der Waals surface area (Å²) in [6.45, 7) is 1.05. The summed E-state index contributed by atoms with van der Waals surface area (Å²) in [4.78, 5) is 13.0. The van der Waals surface area contributed by atoms with Gasteiger partial charge < -0.3 is 9.64 Å². The molecule has 0 spiro atoms. The molecule has 20 heavy (non-hydrogen) atoms. The second kappa shape index (κ2) is 5.31. The van der Waals surface area contributed by atoms with Crippen molar-refractivity contribution in [2.45, 2.75) is 38.1 Å². The number of nitro groups is 1. The summed E-state index contributed by atoms with van der Waals surface area (Å²) in [6.07, 6.45) is 6.44. The van der Waals surface area contributed by atoms with Crippen LogP contribution in [0.4, 0.5) is 11.4 Å². The zero-order valence-electron chi connectivity index (χ0n) is 11.7. The van der Waals surface area contributed by atoms with Gasteiger partial charge in [-0.1, -0.05) is 12.8 Å². The summed E-state index contributed by atoms with van der Waals surface area (Å²) in [5, 5.41) is 11.0. The lowest BCUT2D eigenvalue weighted by atomic mass is 9.85. The Bertz CT molecular complexity index is 518. The molecule has 2 unspecified atom stereocenters. The Kier molecular flexibility index (Phi) is 3.51. The first-order valence-corrected chi connectivity index (χ1v) is 7.30. The number of nitro benzene ring substituents is 1. The van der Waals surface area contributed by atoms with Crippen LogP contribution in [0.2, 0.25) is 0 Å². The minimum Gasteiger partial charge on any atom is -0.490 e. The molecule has 2 fully saturated rings. The van der Waals surface area contributed by atoms with E-state index in [1.165, 1.54) is 39.2 Å². The lowest BCUT2D eigenvalue weighted by Crippen LogP contribution is -2.34.